The quantitative estimate of drug-likeness (QED) is 0.887. The van der Waals surface area contributed by atoms with Crippen molar-refractivity contribution in [1.82, 2.24) is 10.3 Å². The predicted octanol–water partition coefficient (Wildman–Crippen LogP) is 3.10. The fraction of sp³-hybridized carbons (Fsp3) is 0.312. The Morgan fingerprint density at radius 1 is 1.16 bits per heavy atom. The molecule has 3 heteroatoms. The minimum absolute atomic E-state index is 0.718. The summed E-state index contributed by atoms with van der Waals surface area (Å²) in [6.07, 6.45) is 4.48. The van der Waals surface area contributed by atoms with Gasteiger partial charge in [-0.2, -0.15) is 0 Å². The minimum atomic E-state index is 0.718. The Labute approximate surface area is 114 Å². The van der Waals surface area contributed by atoms with Gasteiger partial charge in [0.1, 0.15) is 5.82 Å². The number of para-hydroxylation sites is 1. The lowest BCUT2D eigenvalue weighted by molar-refractivity contribution is 0.685. The van der Waals surface area contributed by atoms with Crippen LogP contribution in [0.5, 0.6) is 0 Å². The molecule has 98 valence electrons. The first-order chi connectivity index (χ1) is 9.34. The summed E-state index contributed by atoms with van der Waals surface area (Å²) < 4.78 is 0. The maximum atomic E-state index is 4.54. The second kappa shape index (κ2) is 5.41. The average Bonchev–Trinajstić information content (AvgIpc) is 3.30. The van der Waals surface area contributed by atoms with Crippen LogP contribution in [0.25, 0.3) is 0 Å². The van der Waals surface area contributed by atoms with Crippen molar-refractivity contribution in [2.75, 3.05) is 11.9 Å². The lowest BCUT2D eigenvalue weighted by atomic mass is 10.2. The van der Waals surface area contributed by atoms with E-state index in [1.165, 1.54) is 18.4 Å². The SMILES string of the molecule is CN(c1ccccc1)c1ncccc1CNC1CC1. The van der Waals surface area contributed by atoms with Gasteiger partial charge < -0.3 is 10.2 Å². The van der Waals surface area contributed by atoms with E-state index in [1.807, 2.05) is 18.3 Å². The molecule has 0 radical (unpaired) electrons. The molecule has 0 unspecified atom stereocenters. The molecule has 0 amide bonds. The molecule has 1 aromatic carbocycles. The number of aromatic nitrogens is 1. The number of nitrogens with zero attached hydrogens (tertiary/aromatic N) is 2. The Balaban J connectivity index is 1.82. The van der Waals surface area contributed by atoms with Gasteiger partial charge in [-0.25, -0.2) is 4.98 Å². The molecule has 1 fully saturated rings. The zero-order chi connectivity index (χ0) is 13.1. The largest absolute Gasteiger partial charge is 0.329 e. The monoisotopic (exact) mass is 253 g/mol. The Morgan fingerprint density at radius 2 is 1.95 bits per heavy atom. The van der Waals surface area contributed by atoms with Crippen LogP contribution in [0.4, 0.5) is 11.5 Å². The Hall–Kier alpha value is -1.87. The Kier molecular flexibility index (Phi) is 3.47. The fourth-order valence-electron chi connectivity index (χ4n) is 2.19. The van der Waals surface area contributed by atoms with Crippen LogP contribution in [-0.4, -0.2) is 18.1 Å². The van der Waals surface area contributed by atoms with E-state index in [0.29, 0.717) is 0 Å². The number of anilines is 2. The lowest BCUT2D eigenvalue weighted by Gasteiger charge is -2.21. The van der Waals surface area contributed by atoms with E-state index in [1.54, 1.807) is 0 Å². The van der Waals surface area contributed by atoms with Crippen molar-refractivity contribution >= 4 is 11.5 Å². The summed E-state index contributed by atoms with van der Waals surface area (Å²) in [5, 5.41) is 3.55. The van der Waals surface area contributed by atoms with Crippen molar-refractivity contribution in [2.24, 2.45) is 0 Å². The molecule has 0 aliphatic heterocycles. The summed E-state index contributed by atoms with van der Waals surface area (Å²) in [7, 11) is 2.07. The van der Waals surface area contributed by atoms with Crippen LogP contribution in [0, 0.1) is 0 Å². The van der Waals surface area contributed by atoms with Crippen LogP contribution in [-0.2, 0) is 6.54 Å². The number of pyridine rings is 1. The van der Waals surface area contributed by atoms with E-state index in [4.69, 9.17) is 0 Å². The molecule has 1 N–H and O–H groups in total. The molecule has 19 heavy (non-hydrogen) atoms. The standard InChI is InChI=1S/C16H19N3/c1-19(15-7-3-2-4-8-15)16-13(6-5-11-17-16)12-18-14-9-10-14/h2-8,11,14,18H,9-10,12H2,1H3. The molecule has 3 nitrogen and oxygen atoms in total. The first kappa shape index (κ1) is 12.2. The predicted molar refractivity (Wildman–Crippen MR) is 78.6 cm³/mol. The van der Waals surface area contributed by atoms with E-state index >= 15 is 0 Å². The molecule has 1 aliphatic carbocycles. The van der Waals surface area contributed by atoms with E-state index in [-0.39, 0.29) is 0 Å². The van der Waals surface area contributed by atoms with Crippen LogP contribution in [0.1, 0.15) is 18.4 Å². The smallest absolute Gasteiger partial charge is 0.137 e. The summed E-state index contributed by atoms with van der Waals surface area (Å²) >= 11 is 0. The van der Waals surface area contributed by atoms with Crippen molar-refractivity contribution in [3.8, 4) is 0 Å². The molecule has 2 aromatic rings. The van der Waals surface area contributed by atoms with Gasteiger partial charge >= 0.3 is 0 Å². The average molecular weight is 253 g/mol. The molecule has 0 bridgehead atoms. The van der Waals surface area contributed by atoms with Gasteiger partial charge in [0.05, 0.1) is 0 Å². The second-order valence-corrected chi connectivity index (χ2v) is 5.04. The molecular formula is C16H19N3. The lowest BCUT2D eigenvalue weighted by Crippen LogP contribution is -2.19. The molecule has 3 rings (SSSR count). The van der Waals surface area contributed by atoms with Gasteiger partial charge in [0.25, 0.3) is 0 Å². The van der Waals surface area contributed by atoms with E-state index in [2.05, 4.69) is 52.6 Å². The summed E-state index contributed by atoms with van der Waals surface area (Å²) in [4.78, 5) is 6.68. The maximum Gasteiger partial charge on any atom is 0.137 e. The minimum Gasteiger partial charge on any atom is -0.329 e. The van der Waals surface area contributed by atoms with Gasteiger partial charge in [0, 0.05) is 37.1 Å². The maximum absolute atomic E-state index is 4.54. The molecule has 0 spiro atoms. The molecule has 0 saturated heterocycles. The highest BCUT2D eigenvalue weighted by Crippen LogP contribution is 2.25. The highest BCUT2D eigenvalue weighted by atomic mass is 15.2. The van der Waals surface area contributed by atoms with E-state index in [0.717, 1.165) is 24.1 Å². The van der Waals surface area contributed by atoms with E-state index in [9.17, 15) is 0 Å². The van der Waals surface area contributed by atoms with Gasteiger partial charge in [0.15, 0.2) is 0 Å². The van der Waals surface area contributed by atoms with Crippen molar-refractivity contribution in [3.05, 3.63) is 54.2 Å². The van der Waals surface area contributed by atoms with Gasteiger partial charge in [-0.1, -0.05) is 24.3 Å². The molecule has 0 atom stereocenters. The number of hydrogen-bond acceptors (Lipinski definition) is 3. The van der Waals surface area contributed by atoms with Crippen LogP contribution in [0.3, 0.4) is 0 Å². The van der Waals surface area contributed by atoms with Crippen LogP contribution < -0.4 is 10.2 Å². The van der Waals surface area contributed by atoms with Gasteiger partial charge in [-0.3, -0.25) is 0 Å². The highest BCUT2D eigenvalue weighted by molar-refractivity contribution is 5.61. The molecular weight excluding hydrogens is 234 g/mol. The number of hydrogen-bond donors (Lipinski definition) is 1. The zero-order valence-electron chi connectivity index (χ0n) is 11.2. The first-order valence-corrected chi connectivity index (χ1v) is 6.80. The third-order valence-electron chi connectivity index (χ3n) is 3.49. The van der Waals surface area contributed by atoms with Gasteiger partial charge in [0.2, 0.25) is 0 Å². The summed E-state index contributed by atoms with van der Waals surface area (Å²) in [6, 6.07) is 15.2. The third kappa shape index (κ3) is 2.93. The van der Waals surface area contributed by atoms with Gasteiger partial charge in [-0.05, 0) is 31.0 Å². The molecule has 1 aromatic heterocycles. The van der Waals surface area contributed by atoms with Crippen molar-refractivity contribution < 1.29 is 0 Å². The van der Waals surface area contributed by atoms with Crippen molar-refractivity contribution in [1.29, 1.82) is 0 Å². The molecule has 1 aliphatic rings. The molecule has 1 heterocycles. The highest BCUT2D eigenvalue weighted by Gasteiger charge is 2.21. The zero-order valence-corrected chi connectivity index (χ0v) is 11.2. The third-order valence-corrected chi connectivity index (χ3v) is 3.49. The van der Waals surface area contributed by atoms with Crippen LogP contribution >= 0.6 is 0 Å². The topological polar surface area (TPSA) is 28.2 Å². The number of benzene rings is 1. The van der Waals surface area contributed by atoms with Crippen molar-refractivity contribution in [3.63, 3.8) is 0 Å². The van der Waals surface area contributed by atoms with Crippen molar-refractivity contribution in [2.45, 2.75) is 25.4 Å². The second-order valence-electron chi connectivity index (χ2n) is 5.04. The summed E-state index contributed by atoms with van der Waals surface area (Å²) in [5.74, 6) is 1.03. The normalized spacial score (nSPS) is 14.4. The summed E-state index contributed by atoms with van der Waals surface area (Å²) in [6.45, 7) is 0.894. The Bertz CT molecular complexity index is 535. The first-order valence-electron chi connectivity index (χ1n) is 6.80. The summed E-state index contributed by atoms with van der Waals surface area (Å²) in [5.41, 5.74) is 2.41. The molecule has 1 saturated carbocycles. The number of rotatable bonds is 5. The van der Waals surface area contributed by atoms with Gasteiger partial charge in [-0.15, -0.1) is 0 Å². The van der Waals surface area contributed by atoms with Crippen LogP contribution in [0.2, 0.25) is 0 Å². The van der Waals surface area contributed by atoms with E-state index < -0.39 is 0 Å². The number of nitrogens with one attached hydrogen (secondary N) is 1. The van der Waals surface area contributed by atoms with Crippen LogP contribution in [0.15, 0.2) is 48.7 Å². The fourth-order valence-corrected chi connectivity index (χ4v) is 2.19. The Morgan fingerprint density at radius 3 is 2.68 bits per heavy atom.